The van der Waals surface area contributed by atoms with E-state index in [1.165, 1.54) is 17.3 Å². The van der Waals surface area contributed by atoms with E-state index in [1.54, 1.807) is 25.3 Å². The summed E-state index contributed by atoms with van der Waals surface area (Å²) in [6.45, 7) is 2.32. The number of ether oxygens (including phenoxy) is 2. The van der Waals surface area contributed by atoms with E-state index in [9.17, 15) is 10.1 Å². The summed E-state index contributed by atoms with van der Waals surface area (Å²) in [7, 11) is 1.56. The third-order valence-electron chi connectivity index (χ3n) is 5.29. The molecule has 4 rings (SSSR count). The van der Waals surface area contributed by atoms with Crippen molar-refractivity contribution in [2.24, 2.45) is 4.99 Å². The number of hydrogen-bond donors (Lipinski definition) is 1. The summed E-state index contributed by atoms with van der Waals surface area (Å²) in [6.07, 6.45) is 2.75. The molecule has 0 spiro atoms. The number of methoxy groups -OCH3 is 1. The van der Waals surface area contributed by atoms with E-state index in [2.05, 4.69) is 39.2 Å². The average molecular weight is 548 g/mol. The minimum absolute atomic E-state index is 0.206. The van der Waals surface area contributed by atoms with Gasteiger partial charge in [-0.05, 0) is 81.6 Å². The second kappa shape index (κ2) is 11.3. The number of halogens is 1. The molecule has 0 unspecified atom stereocenters. The van der Waals surface area contributed by atoms with Crippen LogP contribution in [0, 0.1) is 11.3 Å². The Morgan fingerprint density at radius 3 is 2.66 bits per heavy atom. The first-order valence-electron chi connectivity index (χ1n) is 10.9. The summed E-state index contributed by atoms with van der Waals surface area (Å²) >= 11 is 4.84. The molecule has 8 heteroatoms. The van der Waals surface area contributed by atoms with E-state index >= 15 is 0 Å². The molecular weight excluding hydrogens is 526 g/mol. The van der Waals surface area contributed by atoms with Crippen LogP contribution in [0.3, 0.4) is 0 Å². The largest absolute Gasteiger partial charge is 0.493 e. The van der Waals surface area contributed by atoms with Crippen LogP contribution < -0.4 is 14.8 Å². The van der Waals surface area contributed by atoms with Gasteiger partial charge in [0.15, 0.2) is 16.7 Å². The lowest BCUT2D eigenvalue weighted by Gasteiger charge is -2.14. The maximum atomic E-state index is 12.5. The summed E-state index contributed by atoms with van der Waals surface area (Å²) in [5, 5.41) is 12.6. The van der Waals surface area contributed by atoms with Crippen LogP contribution in [0.25, 0.3) is 6.08 Å². The minimum atomic E-state index is -0.206. The van der Waals surface area contributed by atoms with Gasteiger partial charge < -0.3 is 14.8 Å². The molecule has 0 aliphatic carbocycles. The lowest BCUT2D eigenvalue weighted by molar-refractivity contribution is -0.115. The fourth-order valence-corrected chi connectivity index (χ4v) is 4.84. The van der Waals surface area contributed by atoms with Gasteiger partial charge in [-0.1, -0.05) is 37.3 Å². The Labute approximate surface area is 216 Å². The van der Waals surface area contributed by atoms with E-state index < -0.39 is 0 Å². The van der Waals surface area contributed by atoms with Crippen molar-refractivity contribution in [2.75, 3.05) is 7.11 Å². The Hall–Kier alpha value is -3.54. The third kappa shape index (κ3) is 5.94. The maximum Gasteiger partial charge on any atom is 0.264 e. The number of hydrogen-bond acceptors (Lipinski definition) is 6. The van der Waals surface area contributed by atoms with Crippen LogP contribution in [0.2, 0.25) is 0 Å². The van der Waals surface area contributed by atoms with Crippen molar-refractivity contribution < 1.29 is 14.3 Å². The highest BCUT2D eigenvalue weighted by Gasteiger charge is 2.24. The van der Waals surface area contributed by atoms with Gasteiger partial charge in [0.05, 0.1) is 33.8 Å². The zero-order valence-electron chi connectivity index (χ0n) is 19.2. The number of nitriles is 1. The Bertz CT molecular complexity index is 1360. The molecule has 1 N–H and O–H groups in total. The number of carbonyl (C=O) groups excluding carboxylic acids is 1. The van der Waals surface area contributed by atoms with Gasteiger partial charge in [-0.3, -0.25) is 4.79 Å². The zero-order chi connectivity index (χ0) is 24.8. The summed E-state index contributed by atoms with van der Waals surface area (Å²) in [5.74, 6) is 0.820. The lowest BCUT2D eigenvalue weighted by Crippen LogP contribution is -2.19. The van der Waals surface area contributed by atoms with Gasteiger partial charge in [-0.2, -0.15) is 5.26 Å². The Kier molecular flexibility index (Phi) is 7.91. The van der Waals surface area contributed by atoms with Gasteiger partial charge in [-0.15, -0.1) is 0 Å². The molecule has 6 nitrogen and oxygen atoms in total. The predicted octanol–water partition coefficient (Wildman–Crippen LogP) is 6.36. The molecule has 0 atom stereocenters. The SMILES string of the molecule is CCc1ccc(N=C2NC(=O)/C(=C/c3cc(Br)c(OCc4ccccc4C#N)c(OC)c3)S2)cc1. The second-order valence-corrected chi connectivity index (χ2v) is 9.48. The second-order valence-electron chi connectivity index (χ2n) is 7.59. The van der Waals surface area contributed by atoms with Crippen molar-refractivity contribution in [3.05, 3.63) is 92.3 Å². The van der Waals surface area contributed by atoms with Gasteiger partial charge in [0.25, 0.3) is 5.91 Å². The molecule has 1 aliphatic rings. The third-order valence-corrected chi connectivity index (χ3v) is 6.78. The van der Waals surface area contributed by atoms with E-state index in [0.29, 0.717) is 31.6 Å². The first-order valence-corrected chi connectivity index (χ1v) is 12.5. The highest BCUT2D eigenvalue weighted by Crippen LogP contribution is 2.39. The first-order chi connectivity index (χ1) is 17.0. The summed E-state index contributed by atoms with van der Waals surface area (Å²) in [5.41, 5.74) is 4.14. The summed E-state index contributed by atoms with van der Waals surface area (Å²) in [4.78, 5) is 17.6. The maximum absolute atomic E-state index is 12.5. The molecule has 3 aromatic rings. The highest BCUT2D eigenvalue weighted by atomic mass is 79.9. The number of rotatable bonds is 7. The molecule has 0 bridgehead atoms. The molecule has 0 aromatic heterocycles. The van der Waals surface area contributed by atoms with Crippen LogP contribution in [-0.4, -0.2) is 18.2 Å². The number of thioether (sulfide) groups is 1. The van der Waals surface area contributed by atoms with Crippen molar-refractivity contribution in [1.29, 1.82) is 5.26 Å². The number of aryl methyl sites for hydroxylation is 1. The summed E-state index contributed by atoms with van der Waals surface area (Å²) < 4.78 is 12.2. The molecular formula is C27H22BrN3O3S. The smallest absolute Gasteiger partial charge is 0.264 e. The van der Waals surface area contributed by atoms with Crippen molar-refractivity contribution in [3.8, 4) is 17.6 Å². The highest BCUT2D eigenvalue weighted by molar-refractivity contribution is 9.10. The quantitative estimate of drug-likeness (QED) is 0.348. The van der Waals surface area contributed by atoms with Gasteiger partial charge in [-0.25, -0.2) is 4.99 Å². The van der Waals surface area contributed by atoms with Crippen LogP contribution in [-0.2, 0) is 17.8 Å². The van der Waals surface area contributed by atoms with Gasteiger partial charge in [0, 0.05) is 5.56 Å². The van der Waals surface area contributed by atoms with E-state index in [1.807, 2.05) is 48.5 Å². The fourth-order valence-electron chi connectivity index (χ4n) is 3.42. The monoisotopic (exact) mass is 547 g/mol. The number of amides is 1. The van der Waals surface area contributed by atoms with E-state index in [4.69, 9.17) is 9.47 Å². The van der Waals surface area contributed by atoms with Crippen LogP contribution in [0.1, 0.15) is 29.2 Å². The molecule has 0 radical (unpaired) electrons. The van der Waals surface area contributed by atoms with E-state index in [0.717, 1.165) is 23.2 Å². The van der Waals surface area contributed by atoms with Crippen LogP contribution in [0.5, 0.6) is 11.5 Å². The molecule has 1 fully saturated rings. The number of benzene rings is 3. The van der Waals surface area contributed by atoms with Crippen LogP contribution in [0.4, 0.5) is 5.69 Å². The fraction of sp³-hybridized carbons (Fsp3) is 0.148. The van der Waals surface area contributed by atoms with Crippen LogP contribution in [0.15, 0.2) is 75.0 Å². The Morgan fingerprint density at radius 2 is 1.94 bits per heavy atom. The zero-order valence-corrected chi connectivity index (χ0v) is 21.6. The topological polar surface area (TPSA) is 83.7 Å². The van der Waals surface area contributed by atoms with Crippen molar-refractivity contribution >= 4 is 50.5 Å². The molecule has 0 saturated carbocycles. The Balaban J connectivity index is 1.53. The molecule has 1 aliphatic heterocycles. The van der Waals surface area contributed by atoms with Crippen LogP contribution >= 0.6 is 27.7 Å². The number of nitrogens with zero attached hydrogens (tertiary/aromatic N) is 2. The number of carbonyl (C=O) groups is 1. The van der Waals surface area contributed by atoms with Crippen molar-refractivity contribution in [3.63, 3.8) is 0 Å². The van der Waals surface area contributed by atoms with Gasteiger partial charge in [0.1, 0.15) is 6.61 Å². The molecule has 1 saturated heterocycles. The van der Waals surface area contributed by atoms with Crippen molar-refractivity contribution in [2.45, 2.75) is 20.0 Å². The summed E-state index contributed by atoms with van der Waals surface area (Å²) in [6, 6.07) is 21.1. The molecule has 1 amide bonds. The average Bonchev–Trinajstić information content (AvgIpc) is 3.21. The number of nitrogens with one attached hydrogen (secondary N) is 1. The predicted molar refractivity (Wildman–Crippen MR) is 143 cm³/mol. The standard InChI is InChI=1S/C27H22BrN3O3S/c1-3-17-8-10-21(11-9-17)30-27-31-26(32)24(35-27)14-18-12-22(28)25(23(13-18)33-2)34-16-20-7-5-4-6-19(20)15-29/h4-14H,3,16H2,1-2H3,(H,30,31,32)/b24-14-. The number of amidine groups is 1. The molecule has 1 heterocycles. The lowest BCUT2D eigenvalue weighted by atomic mass is 10.1. The van der Waals surface area contributed by atoms with Gasteiger partial charge in [0.2, 0.25) is 0 Å². The molecule has 176 valence electrons. The normalized spacial score (nSPS) is 15.2. The molecule has 35 heavy (non-hydrogen) atoms. The first kappa shape index (κ1) is 24.6. The van der Waals surface area contributed by atoms with Crippen molar-refractivity contribution in [1.82, 2.24) is 5.32 Å². The molecule has 3 aromatic carbocycles. The van der Waals surface area contributed by atoms with Gasteiger partial charge >= 0.3 is 0 Å². The number of aliphatic imine (C=N–C) groups is 1. The Morgan fingerprint density at radius 1 is 1.17 bits per heavy atom. The minimum Gasteiger partial charge on any atom is -0.493 e. The van der Waals surface area contributed by atoms with E-state index in [-0.39, 0.29) is 12.5 Å².